The Balaban J connectivity index is 1.91. The number of phenols is 1. The van der Waals surface area contributed by atoms with E-state index in [-0.39, 0.29) is 5.75 Å². The molecule has 8 heteroatoms. The first-order chi connectivity index (χ1) is 13.1. The van der Waals surface area contributed by atoms with Crippen LogP contribution in [0.3, 0.4) is 0 Å². The summed E-state index contributed by atoms with van der Waals surface area (Å²) >= 11 is 0. The van der Waals surface area contributed by atoms with Gasteiger partial charge in [0.25, 0.3) is 0 Å². The molecule has 0 heterocycles. The Morgan fingerprint density at radius 3 is 2.46 bits per heavy atom. The summed E-state index contributed by atoms with van der Waals surface area (Å²) in [7, 11) is -1.78. The lowest BCUT2D eigenvalue weighted by molar-refractivity contribution is -0.137. The summed E-state index contributed by atoms with van der Waals surface area (Å²) in [6.07, 6.45) is -1.53. The number of nitrogens with one attached hydrogen (secondary N) is 1. The molecule has 2 aromatic carbocycles. The summed E-state index contributed by atoms with van der Waals surface area (Å²) in [6.45, 7) is 3.80. The molecule has 1 amide bonds. The number of hydrogen-bond acceptors (Lipinski definition) is 3. The van der Waals surface area contributed by atoms with Crippen LogP contribution in [0.15, 0.2) is 42.5 Å². The van der Waals surface area contributed by atoms with Gasteiger partial charge >= 0.3 is 6.18 Å². The molecule has 2 rings (SSSR count). The minimum Gasteiger partial charge on any atom is -0.508 e. The van der Waals surface area contributed by atoms with Crippen LogP contribution in [0.25, 0.3) is 6.08 Å². The van der Waals surface area contributed by atoms with Gasteiger partial charge in [-0.25, -0.2) is 0 Å². The predicted octanol–water partition coefficient (Wildman–Crippen LogP) is 3.16. The molecule has 4 nitrogen and oxygen atoms in total. The largest absolute Gasteiger partial charge is 0.508 e. The highest BCUT2D eigenvalue weighted by Gasteiger charge is 2.30. The summed E-state index contributed by atoms with van der Waals surface area (Å²) in [6, 6.07) is 8.78. The van der Waals surface area contributed by atoms with Crippen molar-refractivity contribution in [2.45, 2.75) is 26.1 Å². The number of rotatable bonds is 6. The average Bonchev–Trinajstić information content (AvgIpc) is 2.60. The highest BCUT2D eigenvalue weighted by Crippen LogP contribution is 2.29. The third kappa shape index (κ3) is 6.24. The Morgan fingerprint density at radius 1 is 1.21 bits per heavy atom. The van der Waals surface area contributed by atoms with Crippen LogP contribution in [0.4, 0.5) is 13.2 Å². The SMILES string of the molecule is Cc1cc(O)cc(C)c1C[Si@H](N)CNC(=O)/C=C/c1cccc(C(F)(F)F)c1. The van der Waals surface area contributed by atoms with Gasteiger partial charge in [-0.05, 0) is 72.5 Å². The number of halogens is 3. The van der Waals surface area contributed by atoms with Crippen LogP contribution < -0.4 is 10.7 Å². The molecule has 2 aromatic rings. The molecule has 28 heavy (non-hydrogen) atoms. The standard InChI is InChI=1S/C20H23F3N2O2Si/c1-13-8-17(26)9-14(2)18(13)11-28(24)12-25-19(27)7-6-15-4-3-5-16(10-15)20(21,22)23/h3-10,26,28H,11-12,24H2,1-2H3,(H,25,27)/b7-6+/t28-/m0/s1. The number of carbonyl (C=O) groups excluding carboxylic acids is 1. The average molecular weight is 408 g/mol. The summed E-state index contributed by atoms with van der Waals surface area (Å²) in [4.78, 5) is 11.9. The van der Waals surface area contributed by atoms with Gasteiger partial charge in [-0.2, -0.15) is 13.2 Å². The molecule has 0 bridgehead atoms. The lowest BCUT2D eigenvalue weighted by Crippen LogP contribution is -2.42. The fourth-order valence-electron chi connectivity index (χ4n) is 2.91. The molecule has 150 valence electrons. The number of carbonyl (C=O) groups is 1. The number of amides is 1. The van der Waals surface area contributed by atoms with Crippen molar-refractivity contribution in [3.8, 4) is 5.75 Å². The molecule has 0 aromatic heterocycles. The summed E-state index contributed by atoms with van der Waals surface area (Å²) in [5.74, 6) is -0.193. The number of hydrogen-bond donors (Lipinski definition) is 3. The Hall–Kier alpha value is -2.58. The molecule has 0 aliphatic rings. The van der Waals surface area contributed by atoms with Crippen LogP contribution in [0.1, 0.15) is 27.8 Å². The van der Waals surface area contributed by atoms with E-state index in [9.17, 15) is 23.1 Å². The van der Waals surface area contributed by atoms with Crippen LogP contribution in [0.5, 0.6) is 5.75 Å². The molecule has 0 spiro atoms. The normalized spacial score (nSPS) is 12.9. The number of aryl methyl sites for hydroxylation is 2. The summed E-state index contributed by atoms with van der Waals surface area (Å²) in [5.41, 5.74) is 2.52. The molecular formula is C20H23F3N2O2Si. The van der Waals surface area contributed by atoms with Gasteiger partial charge < -0.3 is 15.8 Å². The highest BCUT2D eigenvalue weighted by molar-refractivity contribution is 6.55. The monoisotopic (exact) mass is 408 g/mol. The topological polar surface area (TPSA) is 75.3 Å². The quantitative estimate of drug-likeness (QED) is 0.508. The third-order valence-electron chi connectivity index (χ3n) is 4.33. The second-order valence-electron chi connectivity index (χ2n) is 6.72. The summed E-state index contributed by atoms with van der Waals surface area (Å²) < 4.78 is 38.1. The van der Waals surface area contributed by atoms with E-state index in [2.05, 4.69) is 5.32 Å². The second kappa shape index (κ2) is 9.07. The Labute approximate surface area is 163 Å². The maximum atomic E-state index is 12.7. The zero-order valence-electron chi connectivity index (χ0n) is 15.7. The van der Waals surface area contributed by atoms with E-state index in [4.69, 9.17) is 5.40 Å². The van der Waals surface area contributed by atoms with Crippen molar-refractivity contribution in [2.24, 2.45) is 5.40 Å². The number of alkyl halides is 3. The van der Waals surface area contributed by atoms with Crippen molar-refractivity contribution in [3.63, 3.8) is 0 Å². The maximum Gasteiger partial charge on any atom is 0.416 e. The number of aromatic hydroxyl groups is 1. The van der Waals surface area contributed by atoms with Crippen molar-refractivity contribution in [3.05, 3.63) is 70.3 Å². The van der Waals surface area contributed by atoms with Crippen LogP contribution in [-0.4, -0.2) is 26.1 Å². The van der Waals surface area contributed by atoms with E-state index in [1.807, 2.05) is 13.8 Å². The van der Waals surface area contributed by atoms with Crippen molar-refractivity contribution in [1.29, 1.82) is 0 Å². The van der Waals surface area contributed by atoms with Gasteiger partial charge in [-0.15, -0.1) is 0 Å². The van der Waals surface area contributed by atoms with E-state index in [1.54, 1.807) is 12.1 Å². The minimum absolute atomic E-state index is 0.210. The van der Waals surface area contributed by atoms with Crippen molar-refractivity contribution in [2.75, 3.05) is 6.17 Å². The molecule has 0 aliphatic heterocycles. The predicted molar refractivity (Wildman–Crippen MR) is 106 cm³/mol. The van der Waals surface area contributed by atoms with Gasteiger partial charge in [-0.1, -0.05) is 12.1 Å². The smallest absolute Gasteiger partial charge is 0.416 e. The van der Waals surface area contributed by atoms with E-state index in [0.29, 0.717) is 17.8 Å². The molecule has 0 saturated carbocycles. The minimum atomic E-state index is -4.42. The first kappa shape index (κ1) is 21.7. The van der Waals surface area contributed by atoms with Crippen LogP contribution in [0, 0.1) is 13.8 Å². The fourth-order valence-corrected chi connectivity index (χ4v) is 4.68. The van der Waals surface area contributed by atoms with E-state index < -0.39 is 26.6 Å². The molecule has 1 atom stereocenters. The second-order valence-corrected chi connectivity index (χ2v) is 9.06. The van der Waals surface area contributed by atoms with Gasteiger partial charge in [0.15, 0.2) is 0 Å². The number of phenolic OH excluding ortho intramolecular Hbond substituents is 1. The Kier molecular flexibility index (Phi) is 7.04. The molecule has 4 N–H and O–H groups in total. The third-order valence-corrected chi connectivity index (χ3v) is 5.99. The molecule has 0 radical (unpaired) electrons. The van der Waals surface area contributed by atoms with Gasteiger partial charge in [0.1, 0.15) is 14.7 Å². The Morgan fingerprint density at radius 2 is 1.86 bits per heavy atom. The van der Waals surface area contributed by atoms with Crippen molar-refractivity contribution >= 4 is 20.9 Å². The van der Waals surface area contributed by atoms with E-state index >= 15 is 0 Å². The van der Waals surface area contributed by atoms with Crippen LogP contribution in [0.2, 0.25) is 0 Å². The van der Waals surface area contributed by atoms with Gasteiger partial charge in [-0.3, -0.25) is 4.79 Å². The number of nitrogens with two attached hydrogens (primary N) is 1. The van der Waals surface area contributed by atoms with Gasteiger partial charge in [0.2, 0.25) is 5.91 Å². The lowest BCUT2D eigenvalue weighted by atomic mass is 10.0. The zero-order valence-corrected chi connectivity index (χ0v) is 16.8. The first-order valence-corrected chi connectivity index (χ1v) is 11.0. The van der Waals surface area contributed by atoms with Gasteiger partial charge in [0, 0.05) is 12.2 Å². The lowest BCUT2D eigenvalue weighted by Gasteiger charge is -2.15. The van der Waals surface area contributed by atoms with E-state index in [1.165, 1.54) is 24.3 Å². The highest BCUT2D eigenvalue weighted by atomic mass is 28.3. The zero-order chi connectivity index (χ0) is 20.9. The Bertz CT molecular complexity index is 859. The molecular weight excluding hydrogens is 385 g/mol. The van der Waals surface area contributed by atoms with Crippen LogP contribution in [-0.2, 0) is 17.0 Å². The van der Waals surface area contributed by atoms with Crippen LogP contribution >= 0.6 is 0 Å². The van der Waals surface area contributed by atoms with E-state index in [0.717, 1.165) is 28.8 Å². The molecule has 0 saturated heterocycles. The van der Waals surface area contributed by atoms with Gasteiger partial charge in [0.05, 0.1) is 5.56 Å². The molecule has 0 unspecified atom stereocenters. The fraction of sp³-hybridized carbons (Fsp3) is 0.250. The molecule has 0 fully saturated rings. The molecule has 0 aliphatic carbocycles. The van der Waals surface area contributed by atoms with Crippen molar-refractivity contribution < 1.29 is 23.1 Å². The maximum absolute atomic E-state index is 12.7. The summed E-state index contributed by atoms with van der Waals surface area (Å²) in [5, 5.41) is 18.5. The number of benzene rings is 2. The first-order valence-electron chi connectivity index (χ1n) is 8.74. The van der Waals surface area contributed by atoms with Crippen molar-refractivity contribution in [1.82, 2.24) is 5.32 Å².